The third-order valence-electron chi connectivity index (χ3n) is 2.59. The van der Waals surface area contributed by atoms with Gasteiger partial charge in [0.2, 0.25) is 0 Å². The van der Waals surface area contributed by atoms with E-state index in [1.54, 1.807) is 51.1 Å². The standard InChI is InChI=1S/C15H21NO5S/c1-15(2,3)21-14(19)16-11(13(18)20-9-22)12(17)10-7-5-4-6-8-10/h4-8,11-12,17,22H,9H2,1-3H3,(H,16,19). The molecule has 6 nitrogen and oxygen atoms in total. The van der Waals surface area contributed by atoms with E-state index < -0.39 is 29.8 Å². The summed E-state index contributed by atoms with van der Waals surface area (Å²) in [7, 11) is 0. The summed E-state index contributed by atoms with van der Waals surface area (Å²) in [4.78, 5) is 23.8. The highest BCUT2D eigenvalue weighted by Crippen LogP contribution is 2.18. The Morgan fingerprint density at radius 1 is 1.27 bits per heavy atom. The smallest absolute Gasteiger partial charge is 0.408 e. The van der Waals surface area contributed by atoms with Crippen molar-refractivity contribution in [1.29, 1.82) is 0 Å². The summed E-state index contributed by atoms with van der Waals surface area (Å²) in [6, 6.07) is 7.20. The number of carbonyl (C=O) groups is 2. The summed E-state index contributed by atoms with van der Waals surface area (Å²) in [5.74, 6) is -0.954. The number of carbonyl (C=O) groups excluding carboxylic acids is 2. The number of amides is 1. The minimum Gasteiger partial charge on any atom is -0.453 e. The van der Waals surface area contributed by atoms with Crippen LogP contribution in [0.15, 0.2) is 30.3 Å². The Balaban J connectivity index is 2.89. The van der Waals surface area contributed by atoms with Gasteiger partial charge in [-0.15, -0.1) is 12.6 Å². The van der Waals surface area contributed by atoms with Crippen LogP contribution in [0.1, 0.15) is 32.4 Å². The van der Waals surface area contributed by atoms with Gasteiger partial charge >= 0.3 is 12.1 Å². The third kappa shape index (κ3) is 5.95. The summed E-state index contributed by atoms with van der Waals surface area (Å²) in [5, 5.41) is 12.7. The number of hydrogen-bond acceptors (Lipinski definition) is 6. The zero-order valence-electron chi connectivity index (χ0n) is 12.8. The lowest BCUT2D eigenvalue weighted by Crippen LogP contribution is -2.47. The number of rotatable bonds is 5. The topological polar surface area (TPSA) is 84.9 Å². The Kier molecular flexibility index (Phi) is 6.70. The molecule has 0 radical (unpaired) electrons. The molecule has 1 amide bonds. The first-order valence-electron chi connectivity index (χ1n) is 6.74. The predicted molar refractivity (Wildman–Crippen MR) is 84.5 cm³/mol. The maximum Gasteiger partial charge on any atom is 0.408 e. The number of aliphatic hydroxyl groups is 1. The van der Waals surface area contributed by atoms with Gasteiger partial charge in [-0.2, -0.15) is 0 Å². The lowest BCUT2D eigenvalue weighted by Gasteiger charge is -2.25. The minimum absolute atomic E-state index is 0.160. The monoisotopic (exact) mass is 327 g/mol. The van der Waals surface area contributed by atoms with Crippen LogP contribution in [-0.4, -0.2) is 34.8 Å². The highest BCUT2D eigenvalue weighted by atomic mass is 32.1. The number of esters is 1. The summed E-state index contributed by atoms with van der Waals surface area (Å²) < 4.78 is 9.87. The average molecular weight is 327 g/mol. The second-order valence-electron chi connectivity index (χ2n) is 5.57. The second-order valence-corrected chi connectivity index (χ2v) is 5.83. The normalized spacial score (nSPS) is 13.9. The van der Waals surface area contributed by atoms with Gasteiger partial charge in [0.05, 0.1) is 0 Å². The van der Waals surface area contributed by atoms with Crippen LogP contribution in [0.3, 0.4) is 0 Å². The van der Waals surface area contributed by atoms with Gasteiger partial charge in [-0.1, -0.05) is 30.3 Å². The quantitative estimate of drug-likeness (QED) is 0.438. The first-order chi connectivity index (χ1) is 10.2. The maximum atomic E-state index is 12.0. The van der Waals surface area contributed by atoms with Crippen LogP contribution in [0.5, 0.6) is 0 Å². The zero-order valence-corrected chi connectivity index (χ0v) is 13.7. The molecule has 0 aliphatic rings. The molecule has 1 aromatic carbocycles. The van der Waals surface area contributed by atoms with E-state index in [4.69, 9.17) is 9.47 Å². The fraction of sp³-hybridized carbons (Fsp3) is 0.467. The number of ether oxygens (including phenoxy) is 2. The summed E-state index contributed by atoms with van der Waals surface area (Å²) in [5.41, 5.74) is -0.251. The molecule has 2 N–H and O–H groups in total. The molecule has 0 fully saturated rings. The molecule has 0 aliphatic heterocycles. The molecule has 22 heavy (non-hydrogen) atoms. The molecule has 0 heterocycles. The van der Waals surface area contributed by atoms with E-state index in [0.717, 1.165) is 0 Å². The number of aliphatic hydroxyl groups excluding tert-OH is 1. The summed E-state index contributed by atoms with van der Waals surface area (Å²) >= 11 is 3.80. The molecular formula is C15H21NO5S. The van der Waals surface area contributed by atoms with Gasteiger partial charge in [0.15, 0.2) is 6.04 Å². The largest absolute Gasteiger partial charge is 0.453 e. The van der Waals surface area contributed by atoms with E-state index in [2.05, 4.69) is 17.9 Å². The average Bonchev–Trinajstić information content (AvgIpc) is 2.43. The Hall–Kier alpha value is -1.73. The van der Waals surface area contributed by atoms with Crippen molar-refractivity contribution in [3.8, 4) is 0 Å². The number of alkyl carbamates (subject to hydrolysis) is 1. The SMILES string of the molecule is CC(C)(C)OC(=O)NC(C(=O)OCS)C(O)c1ccccc1. The highest BCUT2D eigenvalue weighted by molar-refractivity contribution is 7.80. The first-order valence-corrected chi connectivity index (χ1v) is 7.38. The summed E-state index contributed by atoms with van der Waals surface area (Å²) in [6.07, 6.45) is -2.08. The minimum atomic E-state index is -1.29. The van der Waals surface area contributed by atoms with Gasteiger partial charge in [-0.05, 0) is 26.3 Å². The van der Waals surface area contributed by atoms with Crippen LogP contribution in [0.4, 0.5) is 4.79 Å². The zero-order chi connectivity index (χ0) is 16.8. The van der Waals surface area contributed by atoms with Crippen molar-refractivity contribution >= 4 is 24.7 Å². The molecule has 122 valence electrons. The first kappa shape index (κ1) is 18.3. The van der Waals surface area contributed by atoms with E-state index >= 15 is 0 Å². The number of benzene rings is 1. The Labute approximate surface area is 135 Å². The maximum absolute atomic E-state index is 12.0. The number of nitrogens with one attached hydrogen (secondary N) is 1. The van der Waals surface area contributed by atoms with Crippen LogP contribution < -0.4 is 5.32 Å². The molecule has 0 bridgehead atoms. The number of hydrogen-bond donors (Lipinski definition) is 3. The molecule has 0 aromatic heterocycles. The van der Waals surface area contributed by atoms with Gasteiger partial charge < -0.3 is 19.9 Å². The van der Waals surface area contributed by atoms with Gasteiger partial charge in [0.1, 0.15) is 17.6 Å². The van der Waals surface area contributed by atoms with E-state index in [0.29, 0.717) is 5.56 Å². The van der Waals surface area contributed by atoms with E-state index in [9.17, 15) is 14.7 Å². The fourth-order valence-corrected chi connectivity index (χ4v) is 1.82. The predicted octanol–water partition coefficient (Wildman–Crippen LogP) is 2.04. The van der Waals surface area contributed by atoms with Gasteiger partial charge in [0.25, 0.3) is 0 Å². The van der Waals surface area contributed by atoms with Crippen LogP contribution in [0, 0.1) is 0 Å². The molecule has 0 aliphatic carbocycles. The molecule has 1 aromatic rings. The van der Waals surface area contributed by atoms with Crippen LogP contribution in [0.25, 0.3) is 0 Å². The number of thiol groups is 1. The van der Waals surface area contributed by atoms with Crippen LogP contribution in [0.2, 0.25) is 0 Å². The Bertz CT molecular complexity index is 500. The Morgan fingerprint density at radius 2 is 1.86 bits per heavy atom. The van der Waals surface area contributed by atoms with Gasteiger partial charge in [0, 0.05) is 0 Å². The molecule has 2 unspecified atom stereocenters. The van der Waals surface area contributed by atoms with Crippen molar-refractivity contribution in [1.82, 2.24) is 5.32 Å². The van der Waals surface area contributed by atoms with Crippen LogP contribution in [-0.2, 0) is 14.3 Å². The van der Waals surface area contributed by atoms with Crippen molar-refractivity contribution in [2.75, 3.05) is 5.94 Å². The van der Waals surface area contributed by atoms with Crippen molar-refractivity contribution in [2.24, 2.45) is 0 Å². The lowest BCUT2D eigenvalue weighted by molar-refractivity contribution is -0.147. The van der Waals surface area contributed by atoms with Crippen molar-refractivity contribution in [2.45, 2.75) is 38.5 Å². The van der Waals surface area contributed by atoms with Crippen molar-refractivity contribution in [3.63, 3.8) is 0 Å². The van der Waals surface area contributed by atoms with E-state index in [1.165, 1.54) is 0 Å². The molecule has 0 saturated heterocycles. The van der Waals surface area contributed by atoms with Crippen molar-refractivity contribution < 1.29 is 24.2 Å². The molecule has 0 saturated carbocycles. The molecule has 0 spiro atoms. The highest BCUT2D eigenvalue weighted by Gasteiger charge is 2.32. The lowest BCUT2D eigenvalue weighted by atomic mass is 10.0. The van der Waals surface area contributed by atoms with Crippen LogP contribution >= 0.6 is 12.6 Å². The van der Waals surface area contributed by atoms with Gasteiger partial charge in [-0.25, -0.2) is 9.59 Å². The molecule has 1 rings (SSSR count). The van der Waals surface area contributed by atoms with Crippen molar-refractivity contribution in [3.05, 3.63) is 35.9 Å². The molecule has 2 atom stereocenters. The molecular weight excluding hydrogens is 306 g/mol. The molecule has 7 heteroatoms. The Morgan fingerprint density at radius 3 is 2.36 bits per heavy atom. The second kappa shape index (κ2) is 8.05. The summed E-state index contributed by atoms with van der Waals surface area (Å²) in [6.45, 7) is 5.09. The van der Waals surface area contributed by atoms with E-state index in [-0.39, 0.29) is 5.94 Å². The third-order valence-corrected chi connectivity index (χ3v) is 2.72. The van der Waals surface area contributed by atoms with E-state index in [1.807, 2.05) is 0 Å². The fourth-order valence-electron chi connectivity index (χ4n) is 1.70. The van der Waals surface area contributed by atoms with Gasteiger partial charge in [-0.3, -0.25) is 0 Å².